The molecule has 1 rings (SSSR count). The van der Waals surface area contributed by atoms with Crippen LogP contribution < -0.4 is 5.73 Å². The first kappa shape index (κ1) is 11.8. The van der Waals surface area contributed by atoms with Crippen LogP contribution in [0.5, 0.6) is 0 Å². The van der Waals surface area contributed by atoms with Gasteiger partial charge in [-0.1, -0.05) is 13.8 Å². The van der Waals surface area contributed by atoms with E-state index in [1.54, 1.807) is 0 Å². The third-order valence-corrected chi connectivity index (χ3v) is 2.27. The number of nitrogens with zero attached hydrogens (tertiary/aromatic N) is 1. The number of likely N-dealkylation sites (tertiary alicyclic amines) is 1. The summed E-state index contributed by atoms with van der Waals surface area (Å²) in [6.07, 6.45) is -0.223. The Kier molecular flexibility index (Phi) is 5.42. The molecule has 0 aliphatic carbocycles. The summed E-state index contributed by atoms with van der Waals surface area (Å²) in [5.41, 5.74) is 5.60. The summed E-state index contributed by atoms with van der Waals surface area (Å²) in [5, 5.41) is 0. The van der Waals surface area contributed by atoms with E-state index in [0.29, 0.717) is 6.42 Å². The van der Waals surface area contributed by atoms with E-state index in [4.69, 9.17) is 5.73 Å². The van der Waals surface area contributed by atoms with E-state index < -0.39 is 6.17 Å². The molecule has 3 atom stereocenters. The Bertz CT molecular complexity index is 107. The lowest BCUT2D eigenvalue weighted by atomic mass is 9.99. The SMILES string of the molecule is CC.CC1C(F)CC(N)CN1C. The van der Waals surface area contributed by atoms with Gasteiger partial charge in [-0.25, -0.2) is 4.39 Å². The van der Waals surface area contributed by atoms with Gasteiger partial charge in [0.1, 0.15) is 6.17 Å². The van der Waals surface area contributed by atoms with Crippen molar-refractivity contribution in [2.45, 2.75) is 45.4 Å². The third-order valence-electron chi connectivity index (χ3n) is 2.27. The van der Waals surface area contributed by atoms with Crippen LogP contribution in [-0.2, 0) is 0 Å². The average Bonchev–Trinajstić information content (AvgIpc) is 2.04. The molecule has 0 aromatic rings. The van der Waals surface area contributed by atoms with Crippen LogP contribution in [0.4, 0.5) is 4.39 Å². The second-order valence-electron chi connectivity index (χ2n) is 3.19. The van der Waals surface area contributed by atoms with Crippen molar-refractivity contribution in [3.63, 3.8) is 0 Å². The first-order valence-electron chi connectivity index (χ1n) is 4.71. The van der Waals surface area contributed by atoms with Crippen LogP contribution in [0.15, 0.2) is 0 Å². The quantitative estimate of drug-likeness (QED) is 0.604. The minimum absolute atomic E-state index is 0.0243. The van der Waals surface area contributed by atoms with Crippen LogP contribution in [-0.4, -0.2) is 36.7 Å². The zero-order valence-corrected chi connectivity index (χ0v) is 8.55. The number of likely N-dealkylation sites (N-methyl/N-ethyl adjacent to an activating group) is 1. The fourth-order valence-corrected chi connectivity index (χ4v) is 1.37. The van der Waals surface area contributed by atoms with Crippen LogP contribution >= 0.6 is 0 Å². The number of halogens is 1. The molecule has 1 saturated heterocycles. The highest BCUT2D eigenvalue weighted by Gasteiger charge is 2.28. The summed E-state index contributed by atoms with van der Waals surface area (Å²) >= 11 is 0. The molecule has 3 unspecified atom stereocenters. The Hall–Kier alpha value is -0.150. The van der Waals surface area contributed by atoms with Gasteiger partial charge in [0, 0.05) is 18.6 Å². The van der Waals surface area contributed by atoms with Gasteiger partial charge in [0.05, 0.1) is 0 Å². The average molecular weight is 176 g/mol. The van der Waals surface area contributed by atoms with Gasteiger partial charge in [0.15, 0.2) is 0 Å². The molecule has 0 aromatic heterocycles. The van der Waals surface area contributed by atoms with Crippen LogP contribution in [0.1, 0.15) is 27.2 Å². The summed E-state index contributed by atoms with van der Waals surface area (Å²) in [6, 6.07) is 0.0657. The molecular formula is C9H21FN2. The number of nitrogens with two attached hydrogens (primary N) is 1. The maximum absolute atomic E-state index is 13.0. The number of piperidine rings is 1. The Morgan fingerprint density at radius 2 is 1.92 bits per heavy atom. The maximum atomic E-state index is 13.0. The lowest BCUT2D eigenvalue weighted by Gasteiger charge is -2.35. The van der Waals surface area contributed by atoms with E-state index in [1.807, 2.05) is 32.7 Å². The minimum atomic E-state index is -0.742. The third kappa shape index (κ3) is 3.07. The predicted octanol–water partition coefficient (Wildman–Crippen LogP) is 1.40. The number of hydrogen-bond donors (Lipinski definition) is 1. The van der Waals surface area contributed by atoms with Crippen molar-refractivity contribution in [2.75, 3.05) is 13.6 Å². The van der Waals surface area contributed by atoms with Gasteiger partial charge in [-0.15, -0.1) is 0 Å². The van der Waals surface area contributed by atoms with Gasteiger partial charge in [-0.05, 0) is 20.4 Å². The molecule has 12 heavy (non-hydrogen) atoms. The second-order valence-corrected chi connectivity index (χ2v) is 3.19. The molecule has 1 aliphatic rings. The fourth-order valence-electron chi connectivity index (χ4n) is 1.37. The normalized spacial score (nSPS) is 37.0. The van der Waals surface area contributed by atoms with Gasteiger partial charge in [0.25, 0.3) is 0 Å². The molecule has 0 amide bonds. The molecule has 1 aliphatic heterocycles. The van der Waals surface area contributed by atoms with Crippen molar-refractivity contribution >= 4 is 0 Å². The van der Waals surface area contributed by atoms with E-state index in [-0.39, 0.29) is 12.1 Å². The Balaban J connectivity index is 0.000000561. The first-order valence-corrected chi connectivity index (χ1v) is 4.71. The highest BCUT2D eigenvalue weighted by Crippen LogP contribution is 2.17. The fraction of sp³-hybridized carbons (Fsp3) is 1.00. The first-order chi connectivity index (χ1) is 5.61. The molecule has 3 heteroatoms. The van der Waals surface area contributed by atoms with Gasteiger partial charge in [0.2, 0.25) is 0 Å². The lowest BCUT2D eigenvalue weighted by Crippen LogP contribution is -2.51. The van der Waals surface area contributed by atoms with Crippen molar-refractivity contribution < 1.29 is 4.39 Å². The summed E-state index contributed by atoms with van der Waals surface area (Å²) in [7, 11) is 1.91. The van der Waals surface area contributed by atoms with E-state index in [9.17, 15) is 4.39 Å². The van der Waals surface area contributed by atoms with E-state index >= 15 is 0 Å². The Morgan fingerprint density at radius 1 is 1.42 bits per heavy atom. The van der Waals surface area contributed by atoms with Crippen LogP contribution in [0.2, 0.25) is 0 Å². The summed E-state index contributed by atoms with van der Waals surface area (Å²) in [5.74, 6) is 0. The van der Waals surface area contributed by atoms with Gasteiger partial charge < -0.3 is 5.73 Å². The molecule has 74 valence electrons. The number of rotatable bonds is 0. The molecule has 1 heterocycles. The molecule has 2 N–H and O–H groups in total. The van der Waals surface area contributed by atoms with Crippen molar-refractivity contribution in [2.24, 2.45) is 5.73 Å². The van der Waals surface area contributed by atoms with E-state index in [1.165, 1.54) is 0 Å². The number of alkyl halides is 1. The largest absolute Gasteiger partial charge is 0.326 e. The molecular weight excluding hydrogens is 155 g/mol. The standard InChI is InChI=1S/C7H15FN2.C2H6/c1-5-7(8)3-6(9)4-10(5)2;1-2/h5-7H,3-4,9H2,1-2H3;1-2H3. The highest BCUT2D eigenvalue weighted by molar-refractivity contribution is 4.85. The molecule has 0 radical (unpaired) electrons. The predicted molar refractivity (Wildman–Crippen MR) is 50.9 cm³/mol. The van der Waals surface area contributed by atoms with Crippen LogP contribution in [0.3, 0.4) is 0 Å². The van der Waals surface area contributed by atoms with E-state index in [0.717, 1.165) is 6.54 Å². The Morgan fingerprint density at radius 3 is 2.33 bits per heavy atom. The van der Waals surface area contributed by atoms with Crippen LogP contribution in [0.25, 0.3) is 0 Å². The monoisotopic (exact) mass is 176 g/mol. The van der Waals surface area contributed by atoms with Gasteiger partial charge in [-0.2, -0.15) is 0 Å². The molecule has 0 aromatic carbocycles. The van der Waals surface area contributed by atoms with Crippen molar-refractivity contribution in [3.8, 4) is 0 Å². The smallest absolute Gasteiger partial charge is 0.117 e. The minimum Gasteiger partial charge on any atom is -0.326 e. The molecule has 0 spiro atoms. The summed E-state index contributed by atoms with van der Waals surface area (Å²) in [6.45, 7) is 6.72. The van der Waals surface area contributed by atoms with Crippen LogP contribution in [0, 0.1) is 0 Å². The zero-order valence-electron chi connectivity index (χ0n) is 8.55. The second kappa shape index (κ2) is 5.49. The van der Waals surface area contributed by atoms with Crippen molar-refractivity contribution in [1.82, 2.24) is 4.90 Å². The van der Waals surface area contributed by atoms with Crippen molar-refractivity contribution in [3.05, 3.63) is 0 Å². The molecule has 1 fully saturated rings. The number of hydrogen-bond acceptors (Lipinski definition) is 2. The summed E-state index contributed by atoms with van der Waals surface area (Å²) < 4.78 is 13.0. The summed E-state index contributed by atoms with van der Waals surface area (Å²) in [4.78, 5) is 1.97. The van der Waals surface area contributed by atoms with E-state index in [2.05, 4.69) is 0 Å². The molecule has 2 nitrogen and oxygen atoms in total. The van der Waals surface area contributed by atoms with Gasteiger partial charge >= 0.3 is 0 Å². The maximum Gasteiger partial charge on any atom is 0.117 e. The lowest BCUT2D eigenvalue weighted by molar-refractivity contribution is 0.0862. The van der Waals surface area contributed by atoms with Crippen molar-refractivity contribution in [1.29, 1.82) is 0 Å². The topological polar surface area (TPSA) is 29.3 Å². The highest BCUT2D eigenvalue weighted by atomic mass is 19.1. The Labute approximate surface area is 74.9 Å². The molecule has 0 saturated carbocycles. The zero-order chi connectivity index (χ0) is 9.72. The molecule has 0 bridgehead atoms. The van der Waals surface area contributed by atoms with Gasteiger partial charge in [-0.3, -0.25) is 4.90 Å².